The van der Waals surface area contributed by atoms with Crippen LogP contribution >= 0.6 is 11.6 Å². The van der Waals surface area contributed by atoms with E-state index < -0.39 is 16.7 Å². The largest absolute Gasteiger partial charge is 0.402 e. The first-order chi connectivity index (χ1) is 11.9. The number of carbonyl (C=O) groups is 1. The number of benzene rings is 2. The third-order valence-electron chi connectivity index (χ3n) is 3.55. The average molecular weight is 361 g/mol. The predicted octanol–water partition coefficient (Wildman–Crippen LogP) is 4.04. The molecular formula is C17H10ClFN2O4. The highest BCUT2D eigenvalue weighted by atomic mass is 35.5. The van der Waals surface area contributed by atoms with Crippen LogP contribution in [0.25, 0.3) is 6.08 Å². The molecule has 2 aromatic rings. The molecule has 126 valence electrons. The van der Waals surface area contributed by atoms with E-state index >= 15 is 0 Å². The molecule has 3 rings (SSSR count). The molecule has 1 aliphatic heterocycles. The second-order valence-electron chi connectivity index (χ2n) is 5.23. The summed E-state index contributed by atoms with van der Waals surface area (Å²) in [7, 11) is 0. The van der Waals surface area contributed by atoms with Crippen molar-refractivity contribution in [1.82, 2.24) is 0 Å². The Kier molecular flexibility index (Phi) is 4.33. The molecule has 0 spiro atoms. The first-order valence-electron chi connectivity index (χ1n) is 7.09. The summed E-state index contributed by atoms with van der Waals surface area (Å²) >= 11 is 5.92. The maximum atomic E-state index is 13.8. The summed E-state index contributed by atoms with van der Waals surface area (Å²) < 4.78 is 18.9. The van der Waals surface area contributed by atoms with Crippen molar-refractivity contribution >= 4 is 35.2 Å². The summed E-state index contributed by atoms with van der Waals surface area (Å²) in [4.78, 5) is 26.5. The molecule has 0 amide bonds. The maximum Gasteiger partial charge on any atom is 0.363 e. The zero-order chi connectivity index (χ0) is 18.1. The van der Waals surface area contributed by atoms with Crippen LogP contribution in [-0.4, -0.2) is 16.8 Å². The Morgan fingerprint density at radius 1 is 1.32 bits per heavy atom. The number of aliphatic imine (C=N–C) groups is 1. The lowest BCUT2D eigenvalue weighted by Gasteiger charge is -2.01. The highest BCUT2D eigenvalue weighted by molar-refractivity contribution is 6.32. The summed E-state index contributed by atoms with van der Waals surface area (Å²) in [6.07, 6.45) is 1.18. The van der Waals surface area contributed by atoms with Crippen LogP contribution in [0.4, 0.5) is 10.1 Å². The molecule has 25 heavy (non-hydrogen) atoms. The number of aryl methyl sites for hydroxylation is 1. The lowest BCUT2D eigenvalue weighted by atomic mass is 10.1. The molecule has 0 saturated heterocycles. The van der Waals surface area contributed by atoms with Crippen LogP contribution in [0.5, 0.6) is 0 Å². The smallest absolute Gasteiger partial charge is 0.363 e. The standard InChI is InChI=1S/C17H10ClFN2O4/c1-9-5-6-10(7-15(9)21(23)24)16-20-14(17(22)25-16)8-11-12(18)3-2-4-13(11)19/h2-8H,1H3. The Morgan fingerprint density at radius 3 is 2.76 bits per heavy atom. The molecule has 0 fully saturated rings. The van der Waals surface area contributed by atoms with E-state index in [0.717, 1.165) is 0 Å². The third-order valence-corrected chi connectivity index (χ3v) is 3.88. The highest BCUT2D eigenvalue weighted by Crippen LogP contribution is 2.26. The van der Waals surface area contributed by atoms with E-state index in [0.29, 0.717) is 5.56 Å². The van der Waals surface area contributed by atoms with Crippen LogP contribution in [-0.2, 0) is 9.53 Å². The number of halogens is 2. The summed E-state index contributed by atoms with van der Waals surface area (Å²) in [5.74, 6) is -1.49. The second-order valence-corrected chi connectivity index (χ2v) is 5.64. The van der Waals surface area contributed by atoms with Crippen LogP contribution < -0.4 is 0 Å². The normalized spacial score (nSPS) is 15.2. The van der Waals surface area contributed by atoms with Gasteiger partial charge in [-0.3, -0.25) is 10.1 Å². The van der Waals surface area contributed by atoms with Crippen LogP contribution in [0, 0.1) is 22.9 Å². The minimum Gasteiger partial charge on any atom is -0.402 e. The molecule has 0 bridgehead atoms. The fourth-order valence-electron chi connectivity index (χ4n) is 2.26. The van der Waals surface area contributed by atoms with Gasteiger partial charge < -0.3 is 4.74 Å². The van der Waals surface area contributed by atoms with Crippen LogP contribution in [0.15, 0.2) is 47.1 Å². The monoisotopic (exact) mass is 360 g/mol. The van der Waals surface area contributed by atoms with E-state index in [2.05, 4.69) is 4.99 Å². The molecule has 0 radical (unpaired) electrons. The van der Waals surface area contributed by atoms with Crippen molar-refractivity contribution < 1.29 is 18.8 Å². The van der Waals surface area contributed by atoms with E-state index in [4.69, 9.17) is 16.3 Å². The van der Waals surface area contributed by atoms with E-state index in [9.17, 15) is 19.3 Å². The third kappa shape index (κ3) is 3.27. The first-order valence-corrected chi connectivity index (χ1v) is 7.46. The topological polar surface area (TPSA) is 81.8 Å². The van der Waals surface area contributed by atoms with E-state index in [1.165, 1.54) is 36.4 Å². The van der Waals surface area contributed by atoms with Gasteiger partial charge in [-0.05, 0) is 31.2 Å². The van der Waals surface area contributed by atoms with Gasteiger partial charge in [-0.25, -0.2) is 14.2 Å². The summed E-state index contributed by atoms with van der Waals surface area (Å²) in [6.45, 7) is 1.59. The maximum absolute atomic E-state index is 13.8. The number of cyclic esters (lactones) is 1. The number of hydrogen-bond acceptors (Lipinski definition) is 5. The molecule has 6 nitrogen and oxygen atoms in total. The number of nitro benzene ring substituents is 1. The van der Waals surface area contributed by atoms with Gasteiger partial charge in [0.2, 0.25) is 5.90 Å². The molecule has 0 aromatic heterocycles. The van der Waals surface area contributed by atoms with Gasteiger partial charge in [-0.15, -0.1) is 0 Å². The fraction of sp³-hybridized carbons (Fsp3) is 0.0588. The van der Waals surface area contributed by atoms with Crippen LogP contribution in [0.3, 0.4) is 0 Å². The lowest BCUT2D eigenvalue weighted by molar-refractivity contribution is -0.385. The molecule has 0 N–H and O–H groups in total. The minimum atomic E-state index is -0.794. The van der Waals surface area contributed by atoms with Crippen LogP contribution in [0.1, 0.15) is 16.7 Å². The molecule has 1 heterocycles. The first kappa shape index (κ1) is 16.8. The number of nitro groups is 1. The highest BCUT2D eigenvalue weighted by Gasteiger charge is 2.26. The van der Waals surface area contributed by atoms with Gasteiger partial charge in [0.1, 0.15) is 5.82 Å². The number of esters is 1. The lowest BCUT2D eigenvalue weighted by Crippen LogP contribution is -2.06. The fourth-order valence-corrected chi connectivity index (χ4v) is 2.47. The number of hydrogen-bond donors (Lipinski definition) is 0. The van der Waals surface area contributed by atoms with Crippen molar-refractivity contribution in [3.63, 3.8) is 0 Å². The zero-order valence-electron chi connectivity index (χ0n) is 12.8. The predicted molar refractivity (Wildman–Crippen MR) is 89.8 cm³/mol. The van der Waals surface area contributed by atoms with E-state index in [1.54, 1.807) is 13.0 Å². The number of rotatable bonds is 3. The molecule has 0 unspecified atom stereocenters. The molecule has 0 atom stereocenters. The Bertz CT molecular complexity index is 949. The van der Waals surface area contributed by atoms with Crippen molar-refractivity contribution in [3.05, 3.63) is 79.7 Å². The SMILES string of the molecule is Cc1ccc(C2=NC(=Cc3c(F)cccc3Cl)C(=O)O2)cc1[N+](=O)[O-]. The molecular weight excluding hydrogens is 351 g/mol. The summed E-state index contributed by atoms with van der Waals surface area (Å²) in [6, 6.07) is 8.46. The Hall–Kier alpha value is -3.06. The molecule has 0 aliphatic carbocycles. The minimum absolute atomic E-state index is 0.0102. The van der Waals surface area contributed by atoms with Gasteiger partial charge in [-0.2, -0.15) is 0 Å². The van der Waals surface area contributed by atoms with E-state index in [1.807, 2.05) is 0 Å². The van der Waals surface area contributed by atoms with Crippen LogP contribution in [0.2, 0.25) is 5.02 Å². The summed E-state index contributed by atoms with van der Waals surface area (Å²) in [5, 5.41) is 11.1. The van der Waals surface area contributed by atoms with Crippen molar-refractivity contribution in [2.24, 2.45) is 4.99 Å². The van der Waals surface area contributed by atoms with Crippen molar-refractivity contribution in [2.75, 3.05) is 0 Å². The zero-order valence-corrected chi connectivity index (χ0v) is 13.6. The van der Waals surface area contributed by atoms with Gasteiger partial charge in [0, 0.05) is 22.8 Å². The molecule has 2 aromatic carbocycles. The Labute approximate surface area is 146 Å². The van der Waals surface area contributed by atoms with Gasteiger partial charge in [0.15, 0.2) is 5.70 Å². The van der Waals surface area contributed by atoms with Crippen molar-refractivity contribution in [1.29, 1.82) is 0 Å². The van der Waals surface area contributed by atoms with E-state index in [-0.39, 0.29) is 33.4 Å². The average Bonchev–Trinajstić information content (AvgIpc) is 2.92. The Morgan fingerprint density at radius 2 is 2.08 bits per heavy atom. The number of ether oxygens (including phenoxy) is 1. The molecule has 8 heteroatoms. The van der Waals surface area contributed by atoms with Gasteiger partial charge >= 0.3 is 5.97 Å². The van der Waals surface area contributed by atoms with Gasteiger partial charge in [0.25, 0.3) is 5.69 Å². The number of carbonyl (C=O) groups excluding carboxylic acids is 1. The van der Waals surface area contributed by atoms with Crippen molar-refractivity contribution in [2.45, 2.75) is 6.92 Å². The second kappa shape index (κ2) is 6.45. The van der Waals surface area contributed by atoms with Gasteiger partial charge in [-0.1, -0.05) is 23.7 Å². The number of nitrogens with zero attached hydrogens (tertiary/aromatic N) is 2. The quantitative estimate of drug-likeness (QED) is 0.358. The summed E-state index contributed by atoms with van der Waals surface area (Å²) in [5.41, 5.74) is 0.480. The van der Waals surface area contributed by atoms with Crippen molar-refractivity contribution in [3.8, 4) is 0 Å². The molecule has 1 aliphatic rings. The van der Waals surface area contributed by atoms with Gasteiger partial charge in [0.05, 0.1) is 9.95 Å². The molecule has 0 saturated carbocycles. The Balaban J connectivity index is 2.03.